The van der Waals surface area contributed by atoms with Gasteiger partial charge in [0.05, 0.1) is 11.0 Å². The van der Waals surface area contributed by atoms with Gasteiger partial charge in [0.25, 0.3) is 0 Å². The third-order valence-electron chi connectivity index (χ3n) is 10.7. The van der Waals surface area contributed by atoms with Crippen molar-refractivity contribution in [1.29, 1.82) is 0 Å². The highest BCUT2D eigenvalue weighted by Crippen LogP contribution is 2.46. The lowest BCUT2D eigenvalue weighted by molar-refractivity contribution is 0.286. The van der Waals surface area contributed by atoms with Crippen LogP contribution in [-0.2, 0) is 0 Å². The van der Waals surface area contributed by atoms with Gasteiger partial charge in [-0.2, -0.15) is 0 Å². The van der Waals surface area contributed by atoms with Gasteiger partial charge in [0.1, 0.15) is 22.9 Å². The Labute approximate surface area is 294 Å². The molecule has 3 nitrogen and oxygen atoms in total. The Kier molecular flexibility index (Phi) is 6.08. The number of rotatable bonds is 4. The highest BCUT2D eigenvalue weighted by Gasteiger charge is 2.35. The highest BCUT2D eigenvalue weighted by atomic mass is 16.5. The molecule has 2 aliphatic rings. The van der Waals surface area contributed by atoms with Gasteiger partial charge in [0.2, 0.25) is 0 Å². The lowest BCUT2D eigenvalue weighted by Crippen LogP contribution is -2.32. The molecule has 2 unspecified atom stereocenters. The van der Waals surface area contributed by atoms with E-state index in [0.29, 0.717) is 0 Å². The summed E-state index contributed by atoms with van der Waals surface area (Å²) in [6.45, 7) is 0. The fourth-order valence-corrected chi connectivity index (χ4v) is 8.37. The van der Waals surface area contributed by atoms with Crippen LogP contribution in [0.15, 0.2) is 168 Å². The number of aromatic nitrogens is 1. The molecular weight excluding hydrogens is 623 g/mol. The molecule has 0 spiro atoms. The monoisotopic (exact) mass is 653 g/mol. The Morgan fingerprint density at radius 1 is 0.471 bits per heavy atom. The molecule has 51 heavy (non-hydrogen) atoms. The summed E-state index contributed by atoms with van der Waals surface area (Å²) in [7, 11) is 0. The fraction of sp³-hybridized carbons (Fsp3) is 0.0417. The fourth-order valence-electron chi connectivity index (χ4n) is 8.37. The number of hydrogen-bond acceptors (Lipinski definition) is 2. The summed E-state index contributed by atoms with van der Waals surface area (Å²) < 4.78 is 15.8. The number of fused-ring (bicyclic) bond motifs is 9. The van der Waals surface area contributed by atoms with Crippen molar-refractivity contribution < 1.29 is 9.15 Å². The first kappa shape index (κ1) is 28.3. The second-order valence-corrected chi connectivity index (χ2v) is 13.6. The van der Waals surface area contributed by atoms with Gasteiger partial charge in [0.15, 0.2) is 0 Å². The van der Waals surface area contributed by atoms with E-state index in [1.165, 1.54) is 44.1 Å². The number of furan rings is 1. The van der Waals surface area contributed by atoms with Crippen molar-refractivity contribution in [3.8, 4) is 44.8 Å². The number of benzene rings is 7. The molecule has 0 N–H and O–H groups in total. The number of hydrogen-bond donors (Lipinski definition) is 0. The molecule has 3 heterocycles. The molecule has 9 aromatic rings. The SMILES string of the molecule is C1=c2oc3c(-c4ccc5c(c4)c4cc(-c6ccccc6)ccc4n5-c4ccccc4)cccc3c2=CC2c3cccc(-c4ccccc4)c3OC12. The molecule has 1 aliphatic heterocycles. The van der Waals surface area contributed by atoms with Gasteiger partial charge in [-0.3, -0.25) is 0 Å². The maximum absolute atomic E-state index is 6.78. The number of ether oxygens (including phenoxy) is 1. The summed E-state index contributed by atoms with van der Waals surface area (Å²) in [6, 6.07) is 58.5. The van der Waals surface area contributed by atoms with Crippen LogP contribution < -0.4 is 15.4 Å². The standard InChI is InChI=1S/C48H31NO2/c1-4-12-30(13-5-1)32-22-24-43-39(26-32)40-27-33(23-25-44(40)49(43)34-16-8-3-9-17-34)36-19-11-21-38-42-28-41-37-20-10-18-35(31-14-6-2-7-15-31)47(37)50-45(41)29-46(42)51-48(36)38/h1-29,41,45H. The Bertz CT molecular complexity index is 2940. The van der Waals surface area contributed by atoms with E-state index in [-0.39, 0.29) is 12.0 Å². The number of nitrogens with zero attached hydrogens (tertiary/aromatic N) is 1. The van der Waals surface area contributed by atoms with Crippen LogP contribution in [0.3, 0.4) is 0 Å². The molecule has 0 radical (unpaired) electrons. The van der Waals surface area contributed by atoms with Gasteiger partial charge in [-0.05, 0) is 58.7 Å². The topological polar surface area (TPSA) is 27.3 Å². The summed E-state index contributed by atoms with van der Waals surface area (Å²) in [5.41, 5.74) is 13.5. The molecular formula is C48H31NO2. The van der Waals surface area contributed by atoms with Crippen LogP contribution >= 0.6 is 0 Å². The third kappa shape index (κ3) is 4.31. The second kappa shape index (κ2) is 11.0. The van der Waals surface area contributed by atoms with Gasteiger partial charge >= 0.3 is 0 Å². The summed E-state index contributed by atoms with van der Waals surface area (Å²) in [4.78, 5) is 0. The first-order valence-corrected chi connectivity index (χ1v) is 17.6. The van der Waals surface area contributed by atoms with Gasteiger partial charge in [0, 0.05) is 55.7 Å². The molecule has 3 heteroatoms. The Morgan fingerprint density at radius 3 is 1.88 bits per heavy atom. The molecule has 0 saturated carbocycles. The van der Waals surface area contributed by atoms with Crippen molar-refractivity contribution in [3.63, 3.8) is 0 Å². The van der Waals surface area contributed by atoms with E-state index in [4.69, 9.17) is 9.15 Å². The normalized spacial score (nSPS) is 15.9. The lowest BCUT2D eigenvalue weighted by Gasteiger charge is -2.13. The molecule has 240 valence electrons. The third-order valence-corrected chi connectivity index (χ3v) is 10.7. The molecule has 11 rings (SSSR count). The highest BCUT2D eigenvalue weighted by molar-refractivity contribution is 6.12. The average molecular weight is 654 g/mol. The molecule has 7 aromatic carbocycles. The van der Waals surface area contributed by atoms with E-state index in [0.717, 1.165) is 49.7 Å². The summed E-state index contributed by atoms with van der Waals surface area (Å²) in [6.07, 6.45) is 4.43. The van der Waals surface area contributed by atoms with E-state index in [9.17, 15) is 0 Å². The Morgan fingerprint density at radius 2 is 1.12 bits per heavy atom. The number of para-hydroxylation sites is 3. The summed E-state index contributed by atoms with van der Waals surface area (Å²) in [5, 5.41) is 4.71. The molecule has 1 aliphatic carbocycles. The maximum Gasteiger partial charge on any atom is 0.143 e. The average Bonchev–Trinajstić information content (AvgIpc) is 3.86. The summed E-state index contributed by atoms with van der Waals surface area (Å²) >= 11 is 0. The molecule has 0 saturated heterocycles. The van der Waals surface area contributed by atoms with Crippen LogP contribution in [-0.4, -0.2) is 10.7 Å². The lowest BCUT2D eigenvalue weighted by atomic mass is 9.89. The van der Waals surface area contributed by atoms with Crippen molar-refractivity contribution in [3.05, 3.63) is 180 Å². The molecule has 2 aromatic heterocycles. The van der Waals surface area contributed by atoms with Crippen molar-refractivity contribution in [2.75, 3.05) is 0 Å². The zero-order valence-electron chi connectivity index (χ0n) is 27.7. The molecule has 0 bridgehead atoms. The first-order chi connectivity index (χ1) is 25.3. The largest absolute Gasteiger partial charge is 0.484 e. The van der Waals surface area contributed by atoms with Crippen LogP contribution in [0.2, 0.25) is 0 Å². The van der Waals surface area contributed by atoms with Gasteiger partial charge < -0.3 is 13.7 Å². The van der Waals surface area contributed by atoms with Crippen LogP contribution in [0.4, 0.5) is 0 Å². The van der Waals surface area contributed by atoms with Gasteiger partial charge in [-0.1, -0.05) is 133 Å². The minimum absolute atomic E-state index is 0.111. The first-order valence-electron chi connectivity index (χ1n) is 17.6. The maximum atomic E-state index is 6.78. The van der Waals surface area contributed by atoms with E-state index in [1.807, 2.05) is 0 Å². The van der Waals surface area contributed by atoms with Crippen LogP contribution in [0, 0.1) is 0 Å². The Hall–Kier alpha value is -6.58. The van der Waals surface area contributed by atoms with E-state index >= 15 is 0 Å². The van der Waals surface area contributed by atoms with Crippen molar-refractivity contribution >= 4 is 44.9 Å². The van der Waals surface area contributed by atoms with Crippen LogP contribution in [0.1, 0.15) is 11.5 Å². The quantitative estimate of drug-likeness (QED) is 0.189. The summed E-state index contributed by atoms with van der Waals surface area (Å²) in [5.74, 6) is 1.10. The van der Waals surface area contributed by atoms with E-state index in [2.05, 4.69) is 181 Å². The zero-order chi connectivity index (χ0) is 33.5. The molecule has 0 fully saturated rings. The van der Waals surface area contributed by atoms with E-state index in [1.54, 1.807) is 0 Å². The van der Waals surface area contributed by atoms with Crippen molar-refractivity contribution in [2.45, 2.75) is 12.0 Å². The van der Waals surface area contributed by atoms with Gasteiger partial charge in [-0.25, -0.2) is 0 Å². The minimum Gasteiger partial charge on any atom is -0.484 e. The van der Waals surface area contributed by atoms with Crippen molar-refractivity contribution in [1.82, 2.24) is 4.57 Å². The van der Waals surface area contributed by atoms with Gasteiger partial charge in [-0.15, -0.1) is 0 Å². The molecule has 2 atom stereocenters. The minimum atomic E-state index is -0.111. The van der Waals surface area contributed by atoms with E-state index < -0.39 is 0 Å². The zero-order valence-corrected chi connectivity index (χ0v) is 27.7. The predicted octanol–water partition coefficient (Wildman–Crippen LogP) is 10.7. The van der Waals surface area contributed by atoms with Crippen LogP contribution in [0.5, 0.6) is 5.75 Å². The second-order valence-electron chi connectivity index (χ2n) is 13.6. The smallest absolute Gasteiger partial charge is 0.143 e. The van der Waals surface area contributed by atoms with Crippen molar-refractivity contribution in [2.24, 2.45) is 0 Å². The molecule has 0 amide bonds. The predicted molar refractivity (Wildman–Crippen MR) is 209 cm³/mol. The van der Waals surface area contributed by atoms with Crippen LogP contribution in [0.25, 0.3) is 84.0 Å². The Balaban J connectivity index is 1.08.